The molecular weight excluding hydrogens is 610 g/mol. The maximum absolute atomic E-state index is 12.0. The topological polar surface area (TPSA) is 256 Å². The van der Waals surface area contributed by atoms with Crippen molar-refractivity contribution in [1.29, 1.82) is 0 Å². The number of ketones is 2. The Morgan fingerprint density at radius 3 is 1.47 bits per heavy atom. The van der Waals surface area contributed by atoms with E-state index in [4.69, 9.17) is 11.5 Å². The normalized spacial score (nSPS) is 11.4. The van der Waals surface area contributed by atoms with E-state index in [0.29, 0.717) is 45.3 Å². The second kappa shape index (κ2) is 29.9. The molecule has 270 valence electrons. The first-order valence-electron chi connectivity index (χ1n) is 16.7. The zero-order valence-electron chi connectivity index (χ0n) is 28.1. The van der Waals surface area contributed by atoms with Crippen LogP contribution < -0.4 is 48.7 Å². The molecule has 11 N–H and O–H groups in total. The summed E-state index contributed by atoms with van der Waals surface area (Å²) in [5, 5.41) is 20.0. The monoisotopic (exact) mass is 669 g/mol. The van der Waals surface area contributed by atoms with Gasteiger partial charge in [0.05, 0.1) is 39.5 Å². The van der Waals surface area contributed by atoms with Gasteiger partial charge in [0.25, 0.3) is 0 Å². The summed E-state index contributed by atoms with van der Waals surface area (Å²) in [5.41, 5.74) is 10.3. The lowest BCUT2D eigenvalue weighted by atomic mass is 10.0. The van der Waals surface area contributed by atoms with Gasteiger partial charge in [0.1, 0.15) is 0 Å². The molecule has 0 aliphatic heterocycles. The Kier molecular flexibility index (Phi) is 27.7. The molecule has 0 aliphatic rings. The number of unbranched alkanes of at least 4 members (excludes halogenated alkanes) is 4. The fourth-order valence-electron chi connectivity index (χ4n) is 4.19. The summed E-state index contributed by atoms with van der Waals surface area (Å²) in [6, 6.07) is 0. The summed E-state index contributed by atoms with van der Waals surface area (Å²) >= 11 is 0. The Balaban J connectivity index is 3.55. The molecule has 1 atom stereocenters. The molecule has 47 heavy (non-hydrogen) atoms. The highest BCUT2D eigenvalue weighted by Crippen LogP contribution is 2.06. The molecule has 0 aromatic carbocycles. The summed E-state index contributed by atoms with van der Waals surface area (Å²) < 4.78 is 0. The number of amides is 5. The van der Waals surface area contributed by atoms with Gasteiger partial charge in [-0.25, -0.2) is 0 Å². The highest BCUT2D eigenvalue weighted by atomic mass is 16.2. The van der Waals surface area contributed by atoms with E-state index in [9.17, 15) is 33.6 Å². The summed E-state index contributed by atoms with van der Waals surface area (Å²) in [5.74, 6) is -1.31. The van der Waals surface area contributed by atoms with Crippen molar-refractivity contribution < 1.29 is 33.6 Å². The number of hydrogen-bond donors (Lipinski definition) is 9. The Bertz CT molecular complexity index is 950. The molecule has 0 saturated heterocycles. The molecule has 0 aliphatic carbocycles. The van der Waals surface area contributed by atoms with Crippen LogP contribution in [0.5, 0.6) is 0 Å². The molecule has 0 aromatic heterocycles. The number of Topliss-reactive ketones (excluding diaryl/α,β-unsaturated/α-hetero) is 2. The first kappa shape index (κ1) is 43.5. The molecule has 16 nitrogen and oxygen atoms in total. The van der Waals surface area contributed by atoms with Crippen LogP contribution in [-0.4, -0.2) is 100 Å². The molecule has 0 saturated carbocycles. The SMILES string of the molecule is C[C@@H](CCCCNC(=O)CCCCCNCC(=O)CNCNC(=O)CCCC(=O)NCNCC(=O)CNCCCCC(N)=O)C(N)=O. The van der Waals surface area contributed by atoms with Gasteiger partial charge < -0.3 is 38.1 Å². The molecule has 0 radical (unpaired) electrons. The second-order valence-electron chi connectivity index (χ2n) is 11.6. The average molecular weight is 670 g/mol. The Labute approximate surface area is 278 Å². The number of nitrogens with two attached hydrogens (primary N) is 2. The smallest absolute Gasteiger partial charge is 0.221 e. The molecule has 0 spiro atoms. The van der Waals surface area contributed by atoms with Gasteiger partial charge in [-0.2, -0.15) is 0 Å². The molecule has 0 unspecified atom stereocenters. The minimum atomic E-state index is -0.335. The third kappa shape index (κ3) is 30.9. The largest absolute Gasteiger partial charge is 0.370 e. The van der Waals surface area contributed by atoms with Gasteiger partial charge >= 0.3 is 0 Å². The van der Waals surface area contributed by atoms with Crippen LogP contribution in [0, 0.1) is 5.92 Å². The minimum Gasteiger partial charge on any atom is -0.370 e. The summed E-state index contributed by atoms with van der Waals surface area (Å²) in [4.78, 5) is 81.1. The van der Waals surface area contributed by atoms with Crippen molar-refractivity contribution in [2.24, 2.45) is 17.4 Å². The molecule has 0 aromatic rings. The van der Waals surface area contributed by atoms with Gasteiger partial charge in [0.2, 0.25) is 29.5 Å². The molecule has 16 heteroatoms. The number of carbonyl (C=O) groups is 7. The highest BCUT2D eigenvalue weighted by molar-refractivity contribution is 5.83. The number of carbonyl (C=O) groups excluding carboxylic acids is 7. The lowest BCUT2D eigenvalue weighted by Gasteiger charge is -2.09. The maximum Gasteiger partial charge on any atom is 0.221 e. The number of primary amides is 2. The van der Waals surface area contributed by atoms with Gasteiger partial charge in [-0.15, -0.1) is 0 Å². The van der Waals surface area contributed by atoms with Crippen LogP contribution in [0.4, 0.5) is 0 Å². The third-order valence-electron chi connectivity index (χ3n) is 7.07. The van der Waals surface area contributed by atoms with E-state index in [1.807, 2.05) is 0 Å². The molecule has 0 fully saturated rings. The van der Waals surface area contributed by atoms with Crippen molar-refractivity contribution in [3.8, 4) is 0 Å². The zero-order chi connectivity index (χ0) is 35.1. The molecule has 0 heterocycles. The quantitative estimate of drug-likeness (QED) is 0.0285. The predicted molar refractivity (Wildman–Crippen MR) is 178 cm³/mol. The van der Waals surface area contributed by atoms with Crippen molar-refractivity contribution in [2.75, 3.05) is 59.2 Å². The van der Waals surface area contributed by atoms with E-state index >= 15 is 0 Å². The Hall–Kier alpha value is -3.47. The van der Waals surface area contributed by atoms with Gasteiger partial charge in [0, 0.05) is 38.1 Å². The molecular formula is C31H59N9O7. The minimum absolute atomic E-state index is 0.0200. The molecule has 0 bridgehead atoms. The fraction of sp³-hybridized carbons (Fsp3) is 0.774. The Morgan fingerprint density at radius 2 is 0.936 bits per heavy atom. The van der Waals surface area contributed by atoms with Crippen LogP contribution in [-0.2, 0) is 33.6 Å². The van der Waals surface area contributed by atoms with Gasteiger partial charge in [-0.1, -0.05) is 19.8 Å². The average Bonchev–Trinajstić information content (AvgIpc) is 3.02. The molecule has 5 amide bonds. The lowest BCUT2D eigenvalue weighted by Crippen LogP contribution is -2.39. The fourth-order valence-corrected chi connectivity index (χ4v) is 4.19. The first-order chi connectivity index (χ1) is 22.5. The van der Waals surface area contributed by atoms with Gasteiger partial charge in [-0.3, -0.25) is 44.2 Å². The van der Waals surface area contributed by atoms with Gasteiger partial charge in [-0.05, 0) is 58.0 Å². The zero-order valence-corrected chi connectivity index (χ0v) is 28.1. The van der Waals surface area contributed by atoms with E-state index in [1.165, 1.54) is 0 Å². The summed E-state index contributed by atoms with van der Waals surface area (Å²) in [7, 11) is 0. The van der Waals surface area contributed by atoms with Crippen molar-refractivity contribution in [3.05, 3.63) is 0 Å². The van der Waals surface area contributed by atoms with E-state index in [-0.39, 0.29) is 99.4 Å². The number of rotatable bonds is 33. The standard InChI is InChI=1S/C31H59N9O7/c1-24(31(33)47)10-4-8-17-38-28(44)12-3-2-6-15-34-18-25(41)20-36-22-39-29(45)13-9-14-30(46)40-23-37-21-26(42)19-35-16-7-5-11-27(32)43/h24,34-37H,2-23H2,1H3,(H2,32,43)(H2,33,47)(H,38,44)(H,39,45)(H,40,46)/t24-/m0/s1. The number of nitrogens with one attached hydrogen (secondary N) is 7. The van der Waals surface area contributed by atoms with Crippen LogP contribution in [0.25, 0.3) is 0 Å². The third-order valence-corrected chi connectivity index (χ3v) is 7.07. The Morgan fingerprint density at radius 1 is 0.489 bits per heavy atom. The summed E-state index contributed by atoms with van der Waals surface area (Å²) in [6.07, 6.45) is 7.81. The van der Waals surface area contributed by atoms with Crippen molar-refractivity contribution in [1.82, 2.24) is 37.2 Å². The van der Waals surface area contributed by atoms with Crippen molar-refractivity contribution in [3.63, 3.8) is 0 Å². The second-order valence-corrected chi connectivity index (χ2v) is 11.6. The maximum atomic E-state index is 12.0. The van der Waals surface area contributed by atoms with Crippen molar-refractivity contribution in [2.45, 2.75) is 90.4 Å². The molecule has 0 rings (SSSR count). The van der Waals surface area contributed by atoms with E-state index < -0.39 is 0 Å². The van der Waals surface area contributed by atoms with Crippen LogP contribution in [0.15, 0.2) is 0 Å². The van der Waals surface area contributed by atoms with Crippen LogP contribution in [0.2, 0.25) is 0 Å². The van der Waals surface area contributed by atoms with Gasteiger partial charge in [0.15, 0.2) is 11.6 Å². The van der Waals surface area contributed by atoms with Crippen LogP contribution >= 0.6 is 0 Å². The summed E-state index contributed by atoms with van der Waals surface area (Å²) in [6.45, 7) is 4.60. The number of hydrogen-bond acceptors (Lipinski definition) is 11. The first-order valence-corrected chi connectivity index (χ1v) is 16.7. The predicted octanol–water partition coefficient (Wildman–Crippen LogP) is -1.58. The van der Waals surface area contributed by atoms with Crippen molar-refractivity contribution >= 4 is 41.1 Å². The lowest BCUT2D eigenvalue weighted by molar-refractivity contribution is -0.123. The van der Waals surface area contributed by atoms with E-state index in [2.05, 4.69) is 37.2 Å². The van der Waals surface area contributed by atoms with E-state index in [1.54, 1.807) is 6.92 Å². The highest BCUT2D eigenvalue weighted by Gasteiger charge is 2.09. The van der Waals surface area contributed by atoms with E-state index in [0.717, 1.165) is 44.9 Å². The van der Waals surface area contributed by atoms with Crippen LogP contribution in [0.3, 0.4) is 0 Å². The van der Waals surface area contributed by atoms with Crippen LogP contribution in [0.1, 0.15) is 90.4 Å².